The Bertz CT molecular complexity index is 1190. The number of carboxylic acid groups (broad SMARTS) is 1. The van der Waals surface area contributed by atoms with Gasteiger partial charge < -0.3 is 19.7 Å². The van der Waals surface area contributed by atoms with Gasteiger partial charge in [0.05, 0.1) is 16.8 Å². The summed E-state index contributed by atoms with van der Waals surface area (Å²) in [7, 11) is 3.33. The number of carbonyl (C=O) groups is 2. The smallest absolute Gasteiger partial charge is 0.335 e. The first-order valence-corrected chi connectivity index (χ1v) is 10.9. The predicted octanol–water partition coefficient (Wildman–Crippen LogP) is 4.99. The number of hydrogen-bond donors (Lipinski definition) is 2. The van der Waals surface area contributed by atoms with Crippen molar-refractivity contribution in [3.05, 3.63) is 53.3 Å². The van der Waals surface area contributed by atoms with Crippen molar-refractivity contribution in [2.24, 2.45) is 0 Å². The number of hydrogen-bond acceptors (Lipinski definition) is 3. The van der Waals surface area contributed by atoms with Gasteiger partial charge in [-0.05, 0) is 54.7 Å². The van der Waals surface area contributed by atoms with Crippen molar-refractivity contribution >= 4 is 22.8 Å². The first-order chi connectivity index (χ1) is 15.3. The van der Waals surface area contributed by atoms with Gasteiger partial charge in [0, 0.05) is 25.0 Å². The number of aromatic carboxylic acids is 1. The summed E-state index contributed by atoms with van der Waals surface area (Å²) in [5.74, 6) is -2.15. The van der Waals surface area contributed by atoms with Crippen LogP contribution < -0.4 is 0 Å². The molecule has 7 heteroatoms. The number of likely N-dealkylation sites (N-methyl/N-ethyl adjacent to an activating group) is 1. The highest BCUT2D eigenvalue weighted by Gasteiger charge is 2.28. The third kappa shape index (κ3) is 3.95. The van der Waals surface area contributed by atoms with Gasteiger partial charge in [0.1, 0.15) is 6.54 Å². The first-order valence-electron chi connectivity index (χ1n) is 10.9. The lowest BCUT2D eigenvalue weighted by Crippen LogP contribution is -2.26. The van der Waals surface area contributed by atoms with Crippen LogP contribution in [0.15, 0.2) is 36.4 Å². The number of rotatable bonds is 5. The zero-order valence-electron chi connectivity index (χ0n) is 18.3. The normalized spacial score (nSPS) is 14.6. The molecule has 32 heavy (non-hydrogen) atoms. The lowest BCUT2D eigenvalue weighted by Gasteiger charge is -2.24. The molecule has 0 saturated heterocycles. The van der Waals surface area contributed by atoms with Gasteiger partial charge in [-0.1, -0.05) is 25.3 Å². The number of nitrogens with zero attached hydrogens (tertiary/aromatic N) is 2. The number of carbonyl (C=O) groups excluding carboxylic acids is 1. The molecule has 1 heterocycles. The molecule has 0 spiro atoms. The van der Waals surface area contributed by atoms with E-state index in [2.05, 4.69) is 0 Å². The Kier molecular flexibility index (Phi) is 5.91. The van der Waals surface area contributed by atoms with Gasteiger partial charge in [-0.2, -0.15) is 0 Å². The fourth-order valence-corrected chi connectivity index (χ4v) is 4.72. The SMILES string of the molecule is CN(C)C(=O)Cn1c(-c2ccc(O)c(F)c2)c(C2CCCCC2)c2ccc(C(=O)O)cc21. The Balaban J connectivity index is 2.06. The van der Waals surface area contributed by atoms with E-state index in [9.17, 15) is 24.2 Å². The lowest BCUT2D eigenvalue weighted by atomic mass is 9.81. The minimum Gasteiger partial charge on any atom is -0.505 e. The van der Waals surface area contributed by atoms with E-state index in [1.165, 1.54) is 23.5 Å². The molecule has 0 unspecified atom stereocenters. The van der Waals surface area contributed by atoms with Crippen LogP contribution in [-0.4, -0.2) is 45.7 Å². The summed E-state index contributed by atoms with van der Waals surface area (Å²) >= 11 is 0. The van der Waals surface area contributed by atoms with Gasteiger partial charge in [0.15, 0.2) is 11.6 Å². The maximum absolute atomic E-state index is 14.4. The number of aromatic nitrogens is 1. The van der Waals surface area contributed by atoms with Crippen molar-refractivity contribution in [2.45, 2.75) is 44.6 Å². The predicted molar refractivity (Wildman–Crippen MR) is 120 cm³/mol. The molecule has 168 valence electrons. The molecule has 4 rings (SSSR count). The summed E-state index contributed by atoms with van der Waals surface area (Å²) in [4.78, 5) is 25.9. The summed E-state index contributed by atoms with van der Waals surface area (Å²) in [6, 6.07) is 9.22. The number of phenolic OH excluding ortho intramolecular Hbond substituents is 1. The second kappa shape index (κ2) is 8.65. The van der Waals surface area contributed by atoms with Crippen molar-refractivity contribution in [2.75, 3.05) is 14.1 Å². The summed E-state index contributed by atoms with van der Waals surface area (Å²) in [5, 5.41) is 20.2. The topological polar surface area (TPSA) is 82.8 Å². The van der Waals surface area contributed by atoms with Crippen molar-refractivity contribution in [1.29, 1.82) is 0 Å². The minimum absolute atomic E-state index is 0.00286. The summed E-state index contributed by atoms with van der Waals surface area (Å²) < 4.78 is 16.2. The zero-order chi connectivity index (χ0) is 23.0. The zero-order valence-corrected chi connectivity index (χ0v) is 18.3. The fourth-order valence-electron chi connectivity index (χ4n) is 4.72. The number of fused-ring (bicyclic) bond motifs is 1. The monoisotopic (exact) mass is 438 g/mol. The third-order valence-corrected chi connectivity index (χ3v) is 6.38. The van der Waals surface area contributed by atoms with E-state index in [1.54, 1.807) is 42.9 Å². The Labute approximate surface area is 185 Å². The van der Waals surface area contributed by atoms with Crippen molar-refractivity contribution < 1.29 is 24.2 Å². The van der Waals surface area contributed by atoms with Gasteiger partial charge in [0.25, 0.3) is 0 Å². The molecule has 0 bridgehead atoms. The molecular weight excluding hydrogens is 411 g/mol. The molecule has 1 aromatic heterocycles. The molecule has 0 radical (unpaired) electrons. The Morgan fingerprint density at radius 1 is 1.09 bits per heavy atom. The second-order valence-electron chi connectivity index (χ2n) is 8.67. The highest BCUT2D eigenvalue weighted by Crippen LogP contribution is 2.44. The summed E-state index contributed by atoms with van der Waals surface area (Å²) in [6.07, 6.45) is 5.31. The average molecular weight is 438 g/mol. The van der Waals surface area contributed by atoms with Crippen molar-refractivity contribution in [1.82, 2.24) is 9.47 Å². The van der Waals surface area contributed by atoms with Crippen LogP contribution in [0.25, 0.3) is 22.2 Å². The van der Waals surface area contributed by atoms with Gasteiger partial charge >= 0.3 is 5.97 Å². The molecule has 1 amide bonds. The average Bonchev–Trinajstić information content (AvgIpc) is 3.09. The highest BCUT2D eigenvalue weighted by atomic mass is 19.1. The molecule has 1 saturated carbocycles. The summed E-state index contributed by atoms with van der Waals surface area (Å²) in [6.45, 7) is -0.00286. The Hall–Kier alpha value is -3.35. The Morgan fingerprint density at radius 2 is 1.81 bits per heavy atom. The molecule has 6 nitrogen and oxygen atoms in total. The molecule has 3 aromatic rings. The molecule has 0 aliphatic heterocycles. The van der Waals surface area contributed by atoms with E-state index in [0.29, 0.717) is 16.8 Å². The molecule has 0 atom stereocenters. The molecule has 2 N–H and O–H groups in total. The maximum Gasteiger partial charge on any atom is 0.335 e. The number of phenols is 1. The van der Waals surface area contributed by atoms with Crippen LogP contribution in [0.3, 0.4) is 0 Å². The molecule has 1 aliphatic rings. The van der Waals surface area contributed by atoms with Crippen LogP contribution in [0.1, 0.15) is 53.9 Å². The van der Waals surface area contributed by atoms with E-state index in [1.807, 2.05) is 0 Å². The summed E-state index contributed by atoms with van der Waals surface area (Å²) in [5.41, 5.74) is 3.06. The standard InChI is InChI=1S/C25H27FN2O4/c1-27(2)22(30)14-28-20-13-17(25(31)32)8-10-18(20)23(15-6-4-3-5-7-15)24(28)16-9-11-21(29)19(26)12-16/h8-13,15,29H,3-7,14H2,1-2H3,(H,31,32). The molecule has 1 fully saturated rings. The number of aromatic hydroxyl groups is 1. The van der Waals surface area contributed by atoms with Crippen LogP contribution in [0.4, 0.5) is 4.39 Å². The fraction of sp³-hybridized carbons (Fsp3) is 0.360. The van der Waals surface area contributed by atoms with Gasteiger partial charge in [-0.3, -0.25) is 4.79 Å². The van der Waals surface area contributed by atoms with Crippen LogP contribution in [0, 0.1) is 5.82 Å². The number of carboxylic acids is 1. The number of amides is 1. The van der Waals surface area contributed by atoms with E-state index >= 15 is 0 Å². The number of benzene rings is 2. The maximum atomic E-state index is 14.4. The van der Waals surface area contributed by atoms with Gasteiger partial charge in [-0.15, -0.1) is 0 Å². The van der Waals surface area contributed by atoms with Crippen LogP contribution >= 0.6 is 0 Å². The quantitative estimate of drug-likeness (QED) is 0.588. The van der Waals surface area contributed by atoms with E-state index in [4.69, 9.17) is 0 Å². The largest absolute Gasteiger partial charge is 0.505 e. The van der Waals surface area contributed by atoms with Crippen molar-refractivity contribution in [3.63, 3.8) is 0 Å². The lowest BCUT2D eigenvalue weighted by molar-refractivity contribution is -0.129. The Morgan fingerprint density at radius 3 is 2.44 bits per heavy atom. The third-order valence-electron chi connectivity index (χ3n) is 6.38. The molecule has 2 aromatic carbocycles. The highest BCUT2D eigenvalue weighted by molar-refractivity contribution is 5.99. The first kappa shape index (κ1) is 21.9. The van der Waals surface area contributed by atoms with Crippen molar-refractivity contribution in [3.8, 4) is 17.0 Å². The van der Waals surface area contributed by atoms with Gasteiger partial charge in [-0.25, -0.2) is 9.18 Å². The molecule has 1 aliphatic carbocycles. The van der Waals surface area contributed by atoms with Crippen LogP contribution in [-0.2, 0) is 11.3 Å². The van der Waals surface area contributed by atoms with E-state index in [0.717, 1.165) is 36.6 Å². The molecular formula is C25H27FN2O4. The van der Waals surface area contributed by atoms with Crippen LogP contribution in [0.5, 0.6) is 5.75 Å². The second-order valence-corrected chi connectivity index (χ2v) is 8.67. The van der Waals surface area contributed by atoms with E-state index in [-0.39, 0.29) is 23.9 Å². The van der Waals surface area contributed by atoms with Gasteiger partial charge in [0.2, 0.25) is 5.91 Å². The minimum atomic E-state index is -1.05. The number of halogens is 1. The van der Waals surface area contributed by atoms with Crippen LogP contribution in [0.2, 0.25) is 0 Å². The van der Waals surface area contributed by atoms with E-state index < -0.39 is 17.5 Å².